The number of nitrogens with zero attached hydrogens (tertiary/aromatic N) is 2. The average Bonchev–Trinajstić information content (AvgIpc) is 3.35. The molecule has 34 heavy (non-hydrogen) atoms. The van der Waals surface area contributed by atoms with Gasteiger partial charge in [-0.25, -0.2) is 4.79 Å². The van der Waals surface area contributed by atoms with Crippen molar-refractivity contribution in [2.24, 2.45) is 5.92 Å². The lowest BCUT2D eigenvalue weighted by Gasteiger charge is -2.29. The molecule has 2 heterocycles. The van der Waals surface area contributed by atoms with Crippen molar-refractivity contribution in [1.82, 2.24) is 4.37 Å². The zero-order valence-electron chi connectivity index (χ0n) is 19.5. The lowest BCUT2D eigenvalue weighted by atomic mass is 9.86. The van der Waals surface area contributed by atoms with Crippen molar-refractivity contribution in [2.45, 2.75) is 57.1 Å². The number of amides is 1. The van der Waals surface area contributed by atoms with Crippen molar-refractivity contribution in [2.75, 3.05) is 25.2 Å². The van der Waals surface area contributed by atoms with Crippen LogP contribution in [0.15, 0.2) is 36.4 Å². The number of rotatable bonds is 8. The van der Waals surface area contributed by atoms with Gasteiger partial charge in [0.05, 0.1) is 18.3 Å². The number of methoxy groups -OCH3 is 1. The standard InChI is InChI=1S/C26H32N2O5S/c1-32-23-8-6-19(7-9-23)24-16-21(27-34-24)17-28(26(31)20-11-13-33-14-12-20)22-4-2-3-18(15-22)5-10-25(29)30/h2-5,10,15-16,19-20,23H,6-9,11-14,17H2,1H3,(H,29,30). The van der Waals surface area contributed by atoms with Crippen LogP contribution in [0.4, 0.5) is 5.69 Å². The van der Waals surface area contributed by atoms with Gasteiger partial charge in [-0.2, -0.15) is 4.37 Å². The molecule has 2 aliphatic rings. The molecule has 1 amide bonds. The summed E-state index contributed by atoms with van der Waals surface area (Å²) in [7, 11) is 1.78. The third-order valence-corrected chi connectivity index (χ3v) is 7.73. The highest BCUT2D eigenvalue weighted by atomic mass is 32.1. The van der Waals surface area contributed by atoms with Crippen molar-refractivity contribution in [1.29, 1.82) is 0 Å². The number of hydrogen-bond acceptors (Lipinski definition) is 6. The summed E-state index contributed by atoms with van der Waals surface area (Å²) in [6, 6.07) is 9.59. The Labute approximate surface area is 204 Å². The van der Waals surface area contributed by atoms with Crippen molar-refractivity contribution < 1.29 is 24.2 Å². The van der Waals surface area contributed by atoms with Crippen LogP contribution in [0.2, 0.25) is 0 Å². The van der Waals surface area contributed by atoms with E-state index in [0.717, 1.165) is 48.7 Å². The fourth-order valence-electron chi connectivity index (χ4n) is 4.77. The minimum absolute atomic E-state index is 0.0674. The number of ether oxygens (including phenoxy) is 2. The number of hydrogen-bond donors (Lipinski definition) is 1. The Kier molecular flexibility index (Phi) is 8.48. The third kappa shape index (κ3) is 6.31. The van der Waals surface area contributed by atoms with E-state index in [1.165, 1.54) is 16.4 Å². The first-order valence-corrected chi connectivity index (χ1v) is 12.7. The minimum Gasteiger partial charge on any atom is -0.478 e. The van der Waals surface area contributed by atoms with Crippen LogP contribution in [0.1, 0.15) is 60.6 Å². The molecule has 0 unspecified atom stereocenters. The second kappa shape index (κ2) is 11.7. The highest BCUT2D eigenvalue weighted by molar-refractivity contribution is 7.05. The van der Waals surface area contributed by atoms with Crippen LogP contribution in [-0.4, -0.2) is 47.8 Å². The van der Waals surface area contributed by atoms with Crippen LogP contribution in [0.3, 0.4) is 0 Å². The van der Waals surface area contributed by atoms with Gasteiger partial charge < -0.3 is 19.5 Å². The molecule has 1 aromatic carbocycles. The van der Waals surface area contributed by atoms with E-state index in [9.17, 15) is 9.59 Å². The molecular weight excluding hydrogens is 452 g/mol. The summed E-state index contributed by atoms with van der Waals surface area (Å²) in [4.78, 5) is 27.6. The van der Waals surface area contributed by atoms with Crippen LogP contribution < -0.4 is 4.90 Å². The van der Waals surface area contributed by atoms with Crippen molar-refractivity contribution >= 4 is 35.2 Å². The Hall–Kier alpha value is -2.55. The number of carboxylic acid groups (broad SMARTS) is 1. The number of carbonyl (C=O) groups is 2. The molecule has 0 atom stereocenters. The smallest absolute Gasteiger partial charge is 0.328 e. The van der Waals surface area contributed by atoms with Crippen molar-refractivity contribution in [3.8, 4) is 0 Å². The Balaban J connectivity index is 1.54. The number of aliphatic carboxylic acids is 1. The normalized spacial score (nSPS) is 21.6. The van der Waals surface area contributed by atoms with E-state index < -0.39 is 5.97 Å². The number of anilines is 1. The Bertz CT molecular complexity index is 1010. The van der Waals surface area contributed by atoms with Gasteiger partial charge in [-0.05, 0) is 85.8 Å². The molecule has 182 valence electrons. The van der Waals surface area contributed by atoms with Gasteiger partial charge in [0.2, 0.25) is 5.91 Å². The highest BCUT2D eigenvalue weighted by Crippen LogP contribution is 2.36. The molecule has 1 aliphatic heterocycles. The van der Waals surface area contributed by atoms with Gasteiger partial charge in [0.25, 0.3) is 0 Å². The van der Waals surface area contributed by atoms with Gasteiger partial charge in [-0.3, -0.25) is 4.79 Å². The van der Waals surface area contributed by atoms with E-state index in [4.69, 9.17) is 19.0 Å². The maximum atomic E-state index is 13.6. The van der Waals surface area contributed by atoms with E-state index in [1.54, 1.807) is 18.1 Å². The average molecular weight is 485 g/mol. The molecule has 2 fully saturated rings. The van der Waals surface area contributed by atoms with Crippen LogP contribution in [-0.2, 0) is 25.6 Å². The van der Waals surface area contributed by atoms with Gasteiger partial charge in [0.1, 0.15) is 0 Å². The predicted octanol–water partition coefficient (Wildman–Crippen LogP) is 4.87. The SMILES string of the molecule is COC1CCC(c2cc(CN(C(=O)C3CCOCC3)c3cccc(C=CC(=O)O)c3)ns2)CC1. The molecule has 8 heteroatoms. The predicted molar refractivity (Wildman–Crippen MR) is 132 cm³/mol. The molecule has 7 nitrogen and oxygen atoms in total. The first-order chi connectivity index (χ1) is 16.5. The summed E-state index contributed by atoms with van der Waals surface area (Å²) in [5.41, 5.74) is 2.37. The Morgan fingerprint density at radius 3 is 2.65 bits per heavy atom. The maximum Gasteiger partial charge on any atom is 0.328 e. The van der Waals surface area contributed by atoms with E-state index in [1.807, 2.05) is 24.3 Å². The molecule has 2 aromatic rings. The molecule has 0 bridgehead atoms. The van der Waals surface area contributed by atoms with Gasteiger partial charge in [-0.15, -0.1) is 0 Å². The van der Waals surface area contributed by atoms with Gasteiger partial charge in [0.15, 0.2) is 0 Å². The Morgan fingerprint density at radius 1 is 1.18 bits per heavy atom. The molecule has 1 aromatic heterocycles. The summed E-state index contributed by atoms with van der Waals surface area (Å²) >= 11 is 1.54. The number of aromatic nitrogens is 1. The molecule has 1 saturated heterocycles. The summed E-state index contributed by atoms with van der Waals surface area (Å²) in [6.45, 7) is 1.58. The van der Waals surface area contributed by atoms with Crippen LogP contribution in [0.25, 0.3) is 6.08 Å². The monoisotopic (exact) mass is 484 g/mol. The van der Waals surface area contributed by atoms with Crippen molar-refractivity contribution in [3.63, 3.8) is 0 Å². The fraction of sp³-hybridized carbons (Fsp3) is 0.500. The molecular formula is C26H32N2O5S. The molecule has 0 radical (unpaired) electrons. The third-order valence-electron chi connectivity index (χ3n) is 6.74. The minimum atomic E-state index is -1.00. The highest BCUT2D eigenvalue weighted by Gasteiger charge is 2.29. The zero-order chi connectivity index (χ0) is 23.9. The topological polar surface area (TPSA) is 89.0 Å². The summed E-state index contributed by atoms with van der Waals surface area (Å²) in [5.74, 6) is -0.524. The fourth-order valence-corrected chi connectivity index (χ4v) is 5.67. The van der Waals surface area contributed by atoms with E-state index in [-0.39, 0.29) is 11.8 Å². The molecule has 4 rings (SSSR count). The molecule has 1 N–H and O–H groups in total. The number of carbonyl (C=O) groups excluding carboxylic acids is 1. The zero-order valence-corrected chi connectivity index (χ0v) is 20.3. The first kappa shape index (κ1) is 24.6. The molecule has 1 saturated carbocycles. The molecule has 1 aliphatic carbocycles. The number of carboxylic acids is 1. The van der Waals surface area contributed by atoms with Crippen LogP contribution >= 0.6 is 11.5 Å². The lowest BCUT2D eigenvalue weighted by Crippen LogP contribution is -2.38. The Morgan fingerprint density at radius 2 is 1.94 bits per heavy atom. The van der Waals surface area contributed by atoms with E-state index in [2.05, 4.69) is 6.07 Å². The maximum absolute atomic E-state index is 13.6. The summed E-state index contributed by atoms with van der Waals surface area (Å²) in [5, 5.41) is 8.97. The van der Waals surface area contributed by atoms with E-state index >= 15 is 0 Å². The van der Waals surface area contributed by atoms with Crippen LogP contribution in [0, 0.1) is 5.92 Å². The second-order valence-corrected chi connectivity index (χ2v) is 9.84. The van der Waals surface area contributed by atoms with Crippen molar-refractivity contribution in [3.05, 3.63) is 52.5 Å². The van der Waals surface area contributed by atoms with Gasteiger partial charge in [-0.1, -0.05) is 12.1 Å². The molecule has 0 spiro atoms. The largest absolute Gasteiger partial charge is 0.478 e. The van der Waals surface area contributed by atoms with Crippen LogP contribution in [0.5, 0.6) is 0 Å². The lowest BCUT2D eigenvalue weighted by molar-refractivity contribution is -0.131. The summed E-state index contributed by atoms with van der Waals surface area (Å²) in [6.07, 6.45) is 8.76. The second-order valence-electron chi connectivity index (χ2n) is 9.01. The van der Waals surface area contributed by atoms with E-state index in [0.29, 0.717) is 44.6 Å². The first-order valence-electron chi connectivity index (χ1n) is 11.9. The number of benzene rings is 1. The summed E-state index contributed by atoms with van der Waals surface area (Å²) < 4.78 is 15.7. The van der Waals surface area contributed by atoms with Gasteiger partial charge in [0, 0.05) is 42.9 Å². The van der Waals surface area contributed by atoms with Gasteiger partial charge >= 0.3 is 5.97 Å². The quantitative estimate of drug-likeness (QED) is 0.538.